The van der Waals surface area contributed by atoms with E-state index in [0.717, 1.165) is 16.7 Å². The summed E-state index contributed by atoms with van der Waals surface area (Å²) >= 11 is 0. The number of likely N-dealkylation sites (N-methyl/N-ethyl adjacent to an activating group) is 1. The lowest BCUT2D eigenvalue weighted by Gasteiger charge is -2.31. The minimum absolute atomic E-state index is 0.0739. The molecule has 0 aliphatic rings. The number of hydrogen-bond acceptors (Lipinski definition) is 8. The summed E-state index contributed by atoms with van der Waals surface area (Å²) in [5, 5.41) is 11.6. The highest BCUT2D eigenvalue weighted by Crippen LogP contribution is 2.54. The summed E-state index contributed by atoms with van der Waals surface area (Å²) in [6, 6.07) is 26.7. The molecule has 0 bridgehead atoms. The molecule has 0 radical (unpaired) electrons. The predicted octanol–water partition coefficient (Wildman–Crippen LogP) is 6.68. The number of hydrogen-bond donors (Lipinski definition) is 4. The Kier molecular flexibility index (Phi) is 17.7. The fourth-order valence-corrected chi connectivity index (χ4v) is 7.14. The molecule has 3 atom stereocenters. The number of carbonyl (C=O) groups is 3. The Bertz CT molecular complexity index is 1430. The van der Waals surface area contributed by atoms with E-state index in [-0.39, 0.29) is 37.6 Å². The van der Waals surface area contributed by atoms with E-state index in [1.54, 1.807) is 0 Å². The molecule has 0 heterocycles. The second-order valence-corrected chi connectivity index (χ2v) is 14.7. The molecule has 0 unspecified atom stereocenters. The summed E-state index contributed by atoms with van der Waals surface area (Å²) in [6.45, 7) is 6.54. The highest BCUT2D eigenvalue weighted by molar-refractivity contribution is 7.54. The van der Waals surface area contributed by atoms with Gasteiger partial charge in [0.15, 0.2) is 0 Å². The van der Waals surface area contributed by atoms with Crippen molar-refractivity contribution in [1.82, 2.24) is 21.3 Å². The van der Waals surface area contributed by atoms with Gasteiger partial charge in [0.1, 0.15) is 18.4 Å². The molecule has 0 aliphatic heterocycles. The Morgan fingerprint density at radius 2 is 1.24 bits per heavy atom. The van der Waals surface area contributed by atoms with E-state index < -0.39 is 31.6 Å². The summed E-state index contributed by atoms with van der Waals surface area (Å²) in [4.78, 5) is 38.7. The van der Waals surface area contributed by atoms with Gasteiger partial charge in [-0.2, -0.15) is 0 Å². The van der Waals surface area contributed by atoms with Crippen molar-refractivity contribution in [2.75, 3.05) is 13.6 Å². The molecule has 12 heteroatoms. The van der Waals surface area contributed by atoms with Crippen molar-refractivity contribution in [2.45, 2.75) is 90.6 Å². The van der Waals surface area contributed by atoms with E-state index in [0.29, 0.717) is 38.6 Å². The number of rotatable bonds is 22. The molecule has 4 N–H and O–H groups in total. The quantitative estimate of drug-likeness (QED) is 0.0669. The van der Waals surface area contributed by atoms with Crippen LogP contribution in [-0.2, 0) is 47.8 Å². The van der Waals surface area contributed by atoms with Crippen molar-refractivity contribution in [3.63, 3.8) is 0 Å². The topological polar surface area (TPSA) is 144 Å². The monoisotopic (exact) mass is 708 g/mol. The second kappa shape index (κ2) is 21.9. The van der Waals surface area contributed by atoms with E-state index in [2.05, 4.69) is 21.3 Å². The Balaban J connectivity index is 1.63. The molecule has 50 heavy (non-hydrogen) atoms. The van der Waals surface area contributed by atoms with Crippen molar-refractivity contribution in [3.8, 4) is 0 Å². The number of carbonyl (C=O) groups excluding carboxylic acids is 3. The summed E-state index contributed by atoms with van der Waals surface area (Å²) < 4.78 is 31.9. The first kappa shape index (κ1) is 40.4. The molecule has 0 aliphatic carbocycles. The van der Waals surface area contributed by atoms with Crippen LogP contribution in [0, 0.1) is 5.92 Å². The van der Waals surface area contributed by atoms with Crippen molar-refractivity contribution in [3.05, 3.63) is 108 Å². The zero-order valence-electron chi connectivity index (χ0n) is 29.6. The fourth-order valence-electron chi connectivity index (χ4n) is 5.24. The van der Waals surface area contributed by atoms with E-state index in [1.807, 2.05) is 112 Å². The Hall–Kier alpha value is -4.02. The van der Waals surface area contributed by atoms with Crippen molar-refractivity contribution >= 4 is 25.5 Å². The first-order valence-corrected chi connectivity index (χ1v) is 18.9. The van der Waals surface area contributed by atoms with Gasteiger partial charge >= 0.3 is 13.7 Å². The Morgan fingerprint density at radius 1 is 0.720 bits per heavy atom. The molecule has 3 rings (SSSR count). The van der Waals surface area contributed by atoms with Crippen LogP contribution >= 0.6 is 7.60 Å². The fraction of sp³-hybridized carbons (Fsp3) is 0.447. The molecular formula is C38H53N4O7P. The number of alkyl carbamates (subject to hydrolysis) is 1. The van der Waals surface area contributed by atoms with Crippen LogP contribution < -0.4 is 21.3 Å². The lowest BCUT2D eigenvalue weighted by Crippen LogP contribution is -2.54. The minimum atomic E-state index is -3.83. The van der Waals surface area contributed by atoms with Crippen molar-refractivity contribution in [2.24, 2.45) is 5.92 Å². The van der Waals surface area contributed by atoms with Crippen molar-refractivity contribution < 1.29 is 32.7 Å². The second-order valence-electron chi connectivity index (χ2n) is 12.5. The number of nitrogens with one attached hydrogen (secondary N) is 4. The van der Waals surface area contributed by atoms with Crippen LogP contribution in [0.4, 0.5) is 4.79 Å². The first-order chi connectivity index (χ1) is 24.1. The summed E-state index contributed by atoms with van der Waals surface area (Å²) in [5.41, 5.74) is 2.58. The van der Waals surface area contributed by atoms with Gasteiger partial charge in [-0.1, -0.05) is 112 Å². The van der Waals surface area contributed by atoms with E-state index in [9.17, 15) is 18.9 Å². The van der Waals surface area contributed by atoms with Gasteiger partial charge in [-0.05, 0) is 54.7 Å². The maximum Gasteiger partial charge on any atom is 0.407 e. The van der Waals surface area contributed by atoms with Gasteiger partial charge in [0, 0.05) is 13.6 Å². The minimum Gasteiger partial charge on any atom is -0.445 e. The van der Waals surface area contributed by atoms with Crippen LogP contribution in [0.3, 0.4) is 0 Å². The zero-order valence-corrected chi connectivity index (χ0v) is 30.5. The Labute approximate surface area is 296 Å². The van der Waals surface area contributed by atoms with E-state index in [4.69, 9.17) is 13.8 Å². The molecule has 0 aromatic heterocycles. The summed E-state index contributed by atoms with van der Waals surface area (Å²) in [6.07, 6.45) is 1.77. The lowest BCUT2D eigenvalue weighted by molar-refractivity contribution is -0.130. The molecule has 0 fully saturated rings. The van der Waals surface area contributed by atoms with Crippen LogP contribution in [0.1, 0.15) is 69.6 Å². The number of unbranched alkanes of at least 4 members (excludes halogenated alkanes) is 1. The number of amides is 3. The lowest BCUT2D eigenvalue weighted by atomic mass is 10.0. The molecule has 3 amide bonds. The van der Waals surface area contributed by atoms with Crippen LogP contribution in [0.25, 0.3) is 0 Å². The molecule has 0 spiro atoms. The average Bonchev–Trinajstić information content (AvgIpc) is 3.14. The van der Waals surface area contributed by atoms with Gasteiger partial charge in [0.25, 0.3) is 0 Å². The van der Waals surface area contributed by atoms with Crippen molar-refractivity contribution in [1.29, 1.82) is 0 Å². The zero-order chi connectivity index (χ0) is 36.2. The maximum absolute atomic E-state index is 14.5. The number of benzene rings is 3. The third-order valence-electron chi connectivity index (χ3n) is 7.97. The molecule has 0 saturated carbocycles. The third kappa shape index (κ3) is 14.5. The van der Waals surface area contributed by atoms with Gasteiger partial charge in [0.2, 0.25) is 11.8 Å². The number of ether oxygens (including phenoxy) is 1. The van der Waals surface area contributed by atoms with Gasteiger partial charge in [-0.25, -0.2) is 4.79 Å². The SMILES string of the molecule is CC[C@H](N[C@@H](CC(C)C)C(=O)N[C@@H](CCCCNC(=O)OCc1ccccc1)C(=O)NC)P(=O)(OCc1ccccc1)OCc1ccccc1. The summed E-state index contributed by atoms with van der Waals surface area (Å²) in [7, 11) is -2.31. The normalized spacial score (nSPS) is 13.2. The summed E-state index contributed by atoms with van der Waals surface area (Å²) in [5.74, 6) is -1.40. The van der Waals surface area contributed by atoms with Crippen LogP contribution in [0.5, 0.6) is 0 Å². The third-order valence-corrected chi connectivity index (χ3v) is 10.2. The van der Waals surface area contributed by atoms with Gasteiger partial charge in [-0.3, -0.25) is 19.5 Å². The van der Waals surface area contributed by atoms with Gasteiger partial charge in [0.05, 0.1) is 19.3 Å². The van der Waals surface area contributed by atoms with Crippen LogP contribution in [-0.4, -0.2) is 49.4 Å². The molecule has 11 nitrogen and oxygen atoms in total. The highest BCUT2D eigenvalue weighted by Gasteiger charge is 2.38. The maximum atomic E-state index is 14.5. The standard InChI is InChI=1S/C38H53N4O7P/c1-5-35(50(46,48-27-31-19-11-7-12-20-31)49-28-32-21-13-8-14-22-32)41-34(25-29(2)3)37(44)42-33(36(43)39-4)23-15-16-24-40-38(45)47-26-30-17-9-6-10-18-30/h6-14,17-22,29,33-35,41H,5,15-16,23-28H2,1-4H3,(H,39,43)(H,40,45)(H,42,44)/t33-,34-,35+/m0/s1. The van der Waals surface area contributed by atoms with Gasteiger partial charge < -0.3 is 29.7 Å². The van der Waals surface area contributed by atoms with Gasteiger partial charge in [-0.15, -0.1) is 0 Å². The molecule has 3 aromatic rings. The smallest absolute Gasteiger partial charge is 0.407 e. The first-order valence-electron chi connectivity index (χ1n) is 17.3. The van der Waals surface area contributed by atoms with Crippen LogP contribution in [0.15, 0.2) is 91.0 Å². The molecular weight excluding hydrogens is 655 g/mol. The molecule has 272 valence electrons. The molecule has 3 aromatic carbocycles. The Morgan fingerprint density at radius 3 is 1.72 bits per heavy atom. The van der Waals surface area contributed by atoms with Crippen LogP contribution in [0.2, 0.25) is 0 Å². The molecule has 0 saturated heterocycles. The average molecular weight is 709 g/mol. The highest BCUT2D eigenvalue weighted by atomic mass is 31.2. The largest absolute Gasteiger partial charge is 0.445 e. The van der Waals surface area contributed by atoms with E-state index in [1.165, 1.54) is 7.05 Å². The van der Waals surface area contributed by atoms with E-state index >= 15 is 0 Å². The predicted molar refractivity (Wildman–Crippen MR) is 195 cm³/mol.